The Bertz CT molecular complexity index is 1840. The van der Waals surface area contributed by atoms with E-state index in [1.54, 1.807) is 18.2 Å². The highest BCUT2D eigenvalue weighted by molar-refractivity contribution is 6.26. The SMILES string of the molecule is CCOc1cc(N)nc(C)c1CNC(=O)c1ccc2c(c1)c1oc2c2ccc(-c3c(C)cccc3F)cc21. The third-order valence-corrected chi connectivity index (χ3v) is 7.03. The fourth-order valence-electron chi connectivity index (χ4n) is 5.23. The Kier molecular flexibility index (Phi) is 5.64. The minimum absolute atomic E-state index is 0.226. The van der Waals surface area contributed by atoms with Crippen LogP contribution in [-0.4, -0.2) is 17.5 Å². The van der Waals surface area contributed by atoms with Gasteiger partial charge in [-0.1, -0.05) is 18.2 Å². The molecule has 3 N–H and O–H groups in total. The number of hydrogen-bond donors (Lipinski definition) is 2. The molecule has 1 amide bonds. The van der Waals surface area contributed by atoms with E-state index in [-0.39, 0.29) is 18.3 Å². The highest BCUT2D eigenvalue weighted by atomic mass is 19.1. The van der Waals surface area contributed by atoms with Crippen molar-refractivity contribution < 1.29 is 18.3 Å². The third-order valence-electron chi connectivity index (χ3n) is 7.03. The van der Waals surface area contributed by atoms with Gasteiger partial charge < -0.3 is 20.2 Å². The molecule has 190 valence electrons. The molecule has 0 fully saturated rings. The quantitative estimate of drug-likeness (QED) is 0.239. The normalized spacial score (nSPS) is 11.6. The van der Waals surface area contributed by atoms with Crippen LogP contribution in [0.2, 0.25) is 0 Å². The van der Waals surface area contributed by atoms with Crippen molar-refractivity contribution in [3.05, 3.63) is 88.9 Å². The second kappa shape index (κ2) is 9.03. The highest BCUT2D eigenvalue weighted by Gasteiger charge is 2.20. The second-order valence-electron chi connectivity index (χ2n) is 9.44. The van der Waals surface area contributed by atoms with Crippen molar-refractivity contribution in [1.29, 1.82) is 0 Å². The van der Waals surface area contributed by atoms with Crippen molar-refractivity contribution in [2.45, 2.75) is 27.3 Å². The van der Waals surface area contributed by atoms with E-state index < -0.39 is 0 Å². The van der Waals surface area contributed by atoms with Crippen LogP contribution in [0.1, 0.15) is 34.1 Å². The first-order valence-electron chi connectivity index (χ1n) is 12.5. The van der Waals surface area contributed by atoms with Crippen molar-refractivity contribution in [2.75, 3.05) is 12.3 Å². The fraction of sp³-hybridized carbons (Fsp3) is 0.161. The number of fused-ring (bicyclic) bond motifs is 8. The van der Waals surface area contributed by atoms with Gasteiger partial charge in [-0.15, -0.1) is 0 Å². The number of hydrogen-bond acceptors (Lipinski definition) is 5. The van der Waals surface area contributed by atoms with Gasteiger partial charge in [0.05, 0.1) is 6.61 Å². The molecular formula is C31H26FN3O3. The number of aryl methyl sites for hydroxylation is 2. The summed E-state index contributed by atoms with van der Waals surface area (Å²) < 4.78 is 26.5. The summed E-state index contributed by atoms with van der Waals surface area (Å²) in [6.45, 7) is 6.36. The molecule has 2 bridgehead atoms. The van der Waals surface area contributed by atoms with Crippen LogP contribution in [0.5, 0.6) is 5.75 Å². The van der Waals surface area contributed by atoms with Crippen molar-refractivity contribution in [1.82, 2.24) is 10.3 Å². The first-order chi connectivity index (χ1) is 18.4. The van der Waals surface area contributed by atoms with Gasteiger partial charge in [-0.05, 0) is 68.3 Å². The molecule has 0 spiro atoms. The fourth-order valence-corrected chi connectivity index (χ4v) is 5.23. The number of amides is 1. The van der Waals surface area contributed by atoms with E-state index in [4.69, 9.17) is 14.9 Å². The molecule has 0 aliphatic heterocycles. The summed E-state index contributed by atoms with van der Waals surface area (Å²) in [7, 11) is 0. The zero-order valence-corrected chi connectivity index (χ0v) is 21.3. The highest BCUT2D eigenvalue weighted by Crippen LogP contribution is 2.42. The molecule has 0 saturated heterocycles. The Morgan fingerprint density at radius 3 is 2.50 bits per heavy atom. The van der Waals surface area contributed by atoms with Crippen LogP contribution in [-0.2, 0) is 6.54 Å². The zero-order chi connectivity index (χ0) is 26.6. The van der Waals surface area contributed by atoms with Crippen LogP contribution in [0.25, 0.3) is 43.8 Å². The number of nitrogens with one attached hydrogen (secondary N) is 1. The summed E-state index contributed by atoms with van der Waals surface area (Å²) in [5.74, 6) is 0.501. The molecule has 6 rings (SSSR count). The minimum Gasteiger partial charge on any atom is -0.493 e. The van der Waals surface area contributed by atoms with E-state index in [1.807, 2.05) is 57.2 Å². The molecule has 6 aromatic rings. The monoisotopic (exact) mass is 507 g/mol. The first kappa shape index (κ1) is 23.7. The maximum atomic E-state index is 14.7. The summed E-state index contributed by atoms with van der Waals surface area (Å²) in [6, 6.07) is 18.2. The molecule has 3 aromatic carbocycles. The lowest BCUT2D eigenvalue weighted by Gasteiger charge is -2.14. The van der Waals surface area contributed by atoms with Crippen LogP contribution in [0.15, 0.2) is 65.1 Å². The number of nitrogens with zero attached hydrogens (tertiary/aromatic N) is 1. The van der Waals surface area contributed by atoms with Gasteiger partial charge in [0.2, 0.25) is 0 Å². The van der Waals surface area contributed by atoms with Crippen LogP contribution < -0.4 is 15.8 Å². The van der Waals surface area contributed by atoms with E-state index >= 15 is 0 Å². The standard InChI is InChI=1S/C31H26FN3O3/c1-4-37-26-14-27(33)35-17(3)24(26)15-34-31(36)19-9-11-21-23(13-19)30-22-12-18(8-10-20(22)29(21)38-30)28-16(2)6-5-7-25(28)32/h5-14H,4,15H2,1-3H3,(H2,33,35)(H,34,36). The van der Waals surface area contributed by atoms with Crippen molar-refractivity contribution in [3.63, 3.8) is 0 Å². The van der Waals surface area contributed by atoms with Gasteiger partial charge in [-0.3, -0.25) is 4.79 Å². The number of anilines is 1. The molecule has 3 heterocycles. The second-order valence-corrected chi connectivity index (χ2v) is 9.44. The third kappa shape index (κ3) is 3.78. The van der Waals surface area contributed by atoms with Gasteiger partial charge in [-0.2, -0.15) is 0 Å². The number of nitrogen functional groups attached to an aromatic ring is 1. The van der Waals surface area contributed by atoms with Crippen molar-refractivity contribution in [2.24, 2.45) is 0 Å². The maximum absolute atomic E-state index is 14.7. The van der Waals surface area contributed by atoms with E-state index in [0.717, 1.165) is 43.8 Å². The summed E-state index contributed by atoms with van der Waals surface area (Å²) in [5, 5.41) is 6.63. The molecule has 0 radical (unpaired) electrons. The van der Waals surface area contributed by atoms with E-state index in [9.17, 15) is 9.18 Å². The topological polar surface area (TPSA) is 90.4 Å². The zero-order valence-electron chi connectivity index (χ0n) is 21.3. The number of aromatic nitrogens is 1. The van der Waals surface area contributed by atoms with E-state index in [2.05, 4.69) is 10.3 Å². The predicted molar refractivity (Wildman–Crippen MR) is 148 cm³/mol. The first-order valence-corrected chi connectivity index (χ1v) is 12.5. The molecule has 0 atom stereocenters. The maximum Gasteiger partial charge on any atom is 0.251 e. The number of ether oxygens (including phenoxy) is 1. The number of carbonyl (C=O) groups excluding carboxylic acids is 1. The van der Waals surface area contributed by atoms with Gasteiger partial charge >= 0.3 is 0 Å². The number of carbonyl (C=O) groups is 1. The van der Waals surface area contributed by atoms with Crippen LogP contribution in [0, 0.1) is 19.7 Å². The molecule has 3 aromatic heterocycles. The Balaban J connectivity index is 1.35. The minimum atomic E-state index is -0.259. The summed E-state index contributed by atoms with van der Waals surface area (Å²) >= 11 is 0. The molecule has 6 nitrogen and oxygen atoms in total. The summed E-state index contributed by atoms with van der Waals surface area (Å²) in [5.41, 5.74) is 11.5. The Morgan fingerprint density at radius 2 is 1.74 bits per heavy atom. The summed E-state index contributed by atoms with van der Waals surface area (Å²) in [6.07, 6.45) is 0. The Morgan fingerprint density at radius 1 is 1.00 bits per heavy atom. The van der Waals surface area contributed by atoms with Crippen molar-refractivity contribution >= 4 is 44.4 Å². The molecule has 38 heavy (non-hydrogen) atoms. The number of nitrogens with two attached hydrogens (primary N) is 1. The van der Waals surface area contributed by atoms with Gasteiger partial charge in [-0.25, -0.2) is 9.37 Å². The molecule has 0 aliphatic rings. The Labute approximate surface area is 218 Å². The molecule has 0 unspecified atom stereocenters. The number of rotatable bonds is 6. The van der Waals surface area contributed by atoms with Gasteiger partial charge in [0.25, 0.3) is 5.91 Å². The molecule has 7 heteroatoms. The average molecular weight is 508 g/mol. The number of furan rings is 2. The van der Waals surface area contributed by atoms with Crippen molar-refractivity contribution in [3.8, 4) is 16.9 Å². The van der Waals surface area contributed by atoms with Crippen LogP contribution in [0.4, 0.5) is 10.2 Å². The number of halogens is 1. The van der Waals surface area contributed by atoms with E-state index in [0.29, 0.717) is 40.6 Å². The van der Waals surface area contributed by atoms with Gasteiger partial charge in [0.1, 0.15) is 28.6 Å². The molecule has 0 aliphatic carbocycles. The lowest BCUT2D eigenvalue weighted by atomic mass is 9.95. The predicted octanol–water partition coefficient (Wildman–Crippen LogP) is 6.91. The lowest BCUT2D eigenvalue weighted by molar-refractivity contribution is 0.0950. The number of benzene rings is 4. The average Bonchev–Trinajstić information content (AvgIpc) is 3.45. The van der Waals surface area contributed by atoms with E-state index in [1.165, 1.54) is 6.07 Å². The summed E-state index contributed by atoms with van der Waals surface area (Å²) in [4.78, 5) is 17.4. The smallest absolute Gasteiger partial charge is 0.251 e. The van der Waals surface area contributed by atoms with Gasteiger partial charge in [0.15, 0.2) is 0 Å². The molecule has 0 saturated carbocycles. The number of pyridine rings is 1. The van der Waals surface area contributed by atoms with Gasteiger partial charge in [0, 0.05) is 56.5 Å². The lowest BCUT2D eigenvalue weighted by Crippen LogP contribution is -2.24. The van der Waals surface area contributed by atoms with Crippen LogP contribution >= 0.6 is 0 Å². The molecular weight excluding hydrogens is 481 g/mol. The van der Waals surface area contributed by atoms with Crippen LogP contribution in [0.3, 0.4) is 0 Å². The largest absolute Gasteiger partial charge is 0.493 e. The Hall–Kier alpha value is -4.65.